The highest BCUT2D eigenvalue weighted by Crippen LogP contribution is 2.19. The molecular formula is C16H15N3O2. The van der Waals surface area contributed by atoms with Gasteiger partial charge in [0.1, 0.15) is 5.75 Å². The smallest absolute Gasteiger partial charge is 0.227 e. The first kappa shape index (κ1) is 14.4. The van der Waals surface area contributed by atoms with E-state index in [0.29, 0.717) is 22.7 Å². The summed E-state index contributed by atoms with van der Waals surface area (Å²) in [7, 11) is 0. The molecule has 0 aliphatic heterocycles. The van der Waals surface area contributed by atoms with E-state index >= 15 is 0 Å². The number of nitrogens with zero attached hydrogens (tertiary/aromatic N) is 1. The second kappa shape index (κ2) is 6.96. The molecule has 1 amide bonds. The fraction of sp³-hybridized carbons (Fsp3) is 0.125. The predicted molar refractivity (Wildman–Crippen MR) is 80.8 cm³/mol. The summed E-state index contributed by atoms with van der Waals surface area (Å²) in [6, 6.07) is 15.8. The lowest BCUT2D eigenvalue weighted by Gasteiger charge is -2.09. The van der Waals surface area contributed by atoms with Crippen LogP contribution in [0.15, 0.2) is 48.5 Å². The Morgan fingerprint density at radius 3 is 2.57 bits per heavy atom. The van der Waals surface area contributed by atoms with Crippen molar-refractivity contribution in [2.45, 2.75) is 6.42 Å². The van der Waals surface area contributed by atoms with E-state index in [4.69, 9.17) is 15.7 Å². The average Bonchev–Trinajstić information content (AvgIpc) is 2.50. The highest BCUT2D eigenvalue weighted by molar-refractivity contribution is 5.90. The Balaban J connectivity index is 1.80. The number of amides is 1. The Labute approximate surface area is 123 Å². The van der Waals surface area contributed by atoms with Gasteiger partial charge in [0.15, 0.2) is 0 Å². The molecule has 0 bridgehead atoms. The van der Waals surface area contributed by atoms with Crippen LogP contribution in [0.5, 0.6) is 5.75 Å². The number of benzene rings is 2. The number of carbonyl (C=O) groups is 1. The standard InChI is InChI=1S/C16H15N3O2/c17-11-12-5-7-13(8-6-12)19-16(20)9-10-21-15-4-2-1-3-14(15)18/h1-8H,9-10,18H2,(H,19,20). The summed E-state index contributed by atoms with van der Waals surface area (Å²) in [5.74, 6) is 0.415. The van der Waals surface area contributed by atoms with E-state index in [2.05, 4.69) is 5.32 Å². The van der Waals surface area contributed by atoms with E-state index in [0.717, 1.165) is 0 Å². The zero-order valence-corrected chi connectivity index (χ0v) is 11.4. The Kier molecular flexibility index (Phi) is 4.78. The van der Waals surface area contributed by atoms with Crippen LogP contribution in [0.3, 0.4) is 0 Å². The van der Waals surface area contributed by atoms with E-state index in [1.807, 2.05) is 18.2 Å². The molecule has 5 nitrogen and oxygen atoms in total. The van der Waals surface area contributed by atoms with Crippen molar-refractivity contribution in [3.63, 3.8) is 0 Å². The van der Waals surface area contributed by atoms with E-state index in [1.54, 1.807) is 36.4 Å². The van der Waals surface area contributed by atoms with E-state index in [-0.39, 0.29) is 18.9 Å². The van der Waals surface area contributed by atoms with Crippen LogP contribution in [0.25, 0.3) is 0 Å². The maximum Gasteiger partial charge on any atom is 0.227 e. The van der Waals surface area contributed by atoms with Crippen LogP contribution in [-0.2, 0) is 4.79 Å². The van der Waals surface area contributed by atoms with Gasteiger partial charge in [0.25, 0.3) is 0 Å². The maximum atomic E-state index is 11.8. The SMILES string of the molecule is N#Cc1ccc(NC(=O)CCOc2ccccc2N)cc1. The number of anilines is 2. The average molecular weight is 281 g/mol. The lowest BCUT2D eigenvalue weighted by atomic mass is 10.2. The predicted octanol–water partition coefficient (Wildman–Crippen LogP) is 2.55. The molecule has 0 saturated heterocycles. The van der Waals surface area contributed by atoms with Crippen LogP contribution < -0.4 is 15.8 Å². The molecule has 0 aliphatic rings. The van der Waals surface area contributed by atoms with Crippen molar-refractivity contribution in [3.05, 3.63) is 54.1 Å². The van der Waals surface area contributed by atoms with Crippen molar-refractivity contribution >= 4 is 17.3 Å². The Bertz CT molecular complexity index is 660. The molecule has 21 heavy (non-hydrogen) atoms. The van der Waals surface area contributed by atoms with Crippen molar-refractivity contribution < 1.29 is 9.53 Å². The molecule has 2 aromatic carbocycles. The molecule has 5 heteroatoms. The van der Waals surface area contributed by atoms with Crippen molar-refractivity contribution in [2.24, 2.45) is 0 Å². The van der Waals surface area contributed by atoms with Crippen LogP contribution in [0.4, 0.5) is 11.4 Å². The number of nitrogens with one attached hydrogen (secondary N) is 1. The van der Waals surface area contributed by atoms with Gasteiger partial charge in [0.2, 0.25) is 5.91 Å². The van der Waals surface area contributed by atoms with Gasteiger partial charge in [-0.05, 0) is 36.4 Å². The third kappa shape index (κ3) is 4.25. The normalized spacial score (nSPS) is 9.67. The minimum atomic E-state index is -0.158. The van der Waals surface area contributed by atoms with E-state index in [9.17, 15) is 4.79 Å². The zero-order chi connectivity index (χ0) is 15.1. The number of carbonyl (C=O) groups excluding carboxylic acids is 1. The molecule has 0 unspecified atom stereocenters. The molecule has 0 spiro atoms. The topological polar surface area (TPSA) is 88.1 Å². The van der Waals surface area contributed by atoms with Crippen LogP contribution in [-0.4, -0.2) is 12.5 Å². The summed E-state index contributed by atoms with van der Waals surface area (Å²) in [5, 5.41) is 11.4. The summed E-state index contributed by atoms with van der Waals surface area (Å²) in [6.45, 7) is 0.246. The van der Waals surface area contributed by atoms with Gasteiger partial charge in [-0.1, -0.05) is 12.1 Å². The van der Waals surface area contributed by atoms with Crippen molar-refractivity contribution in [2.75, 3.05) is 17.7 Å². The quantitative estimate of drug-likeness (QED) is 0.824. The Hall–Kier alpha value is -3.00. The number of nitrogen functional groups attached to an aromatic ring is 1. The third-order valence-electron chi connectivity index (χ3n) is 2.80. The van der Waals surface area contributed by atoms with E-state index in [1.165, 1.54) is 0 Å². The van der Waals surface area contributed by atoms with Gasteiger partial charge >= 0.3 is 0 Å². The number of nitriles is 1. The third-order valence-corrected chi connectivity index (χ3v) is 2.80. The van der Waals surface area contributed by atoms with Crippen LogP contribution in [0.2, 0.25) is 0 Å². The van der Waals surface area contributed by atoms with E-state index < -0.39 is 0 Å². The van der Waals surface area contributed by atoms with Gasteiger partial charge in [-0.15, -0.1) is 0 Å². The highest BCUT2D eigenvalue weighted by atomic mass is 16.5. The fourth-order valence-electron chi connectivity index (χ4n) is 1.72. The minimum absolute atomic E-state index is 0.158. The second-order valence-electron chi connectivity index (χ2n) is 4.37. The van der Waals surface area contributed by atoms with Crippen LogP contribution in [0, 0.1) is 11.3 Å². The molecule has 2 aromatic rings. The van der Waals surface area contributed by atoms with Gasteiger partial charge in [0.05, 0.1) is 30.3 Å². The minimum Gasteiger partial charge on any atom is -0.491 e. The lowest BCUT2D eigenvalue weighted by Crippen LogP contribution is -2.15. The van der Waals surface area contributed by atoms with Gasteiger partial charge < -0.3 is 15.8 Å². The molecule has 0 aliphatic carbocycles. The van der Waals surface area contributed by atoms with Gasteiger partial charge in [-0.2, -0.15) is 5.26 Å². The number of nitrogens with two attached hydrogens (primary N) is 1. The second-order valence-corrected chi connectivity index (χ2v) is 4.37. The summed E-state index contributed by atoms with van der Waals surface area (Å²) in [5.41, 5.74) is 7.49. The molecule has 0 atom stereocenters. The zero-order valence-electron chi connectivity index (χ0n) is 11.4. The Morgan fingerprint density at radius 1 is 1.19 bits per heavy atom. The first-order valence-corrected chi connectivity index (χ1v) is 6.46. The van der Waals surface area contributed by atoms with Crippen molar-refractivity contribution in [1.82, 2.24) is 0 Å². The number of rotatable bonds is 5. The van der Waals surface area contributed by atoms with Gasteiger partial charge in [-0.25, -0.2) is 0 Å². The summed E-state index contributed by atoms with van der Waals surface area (Å²) in [4.78, 5) is 11.8. The molecule has 0 aromatic heterocycles. The largest absolute Gasteiger partial charge is 0.491 e. The molecule has 0 fully saturated rings. The number of hydrogen-bond acceptors (Lipinski definition) is 4. The molecule has 0 heterocycles. The first-order chi connectivity index (χ1) is 10.2. The summed E-state index contributed by atoms with van der Waals surface area (Å²) in [6.07, 6.45) is 0.217. The number of ether oxygens (including phenoxy) is 1. The molecule has 0 saturated carbocycles. The summed E-state index contributed by atoms with van der Waals surface area (Å²) >= 11 is 0. The number of para-hydroxylation sites is 2. The monoisotopic (exact) mass is 281 g/mol. The van der Waals surface area contributed by atoms with Crippen LogP contribution >= 0.6 is 0 Å². The van der Waals surface area contributed by atoms with Gasteiger partial charge in [0, 0.05) is 5.69 Å². The lowest BCUT2D eigenvalue weighted by molar-refractivity contribution is -0.116. The maximum absolute atomic E-state index is 11.8. The Morgan fingerprint density at radius 2 is 1.90 bits per heavy atom. The molecule has 0 radical (unpaired) electrons. The fourth-order valence-corrected chi connectivity index (χ4v) is 1.72. The van der Waals surface area contributed by atoms with Crippen molar-refractivity contribution in [1.29, 1.82) is 5.26 Å². The number of hydrogen-bond donors (Lipinski definition) is 2. The molecule has 3 N–H and O–H groups in total. The molecule has 106 valence electrons. The summed E-state index contributed by atoms with van der Waals surface area (Å²) < 4.78 is 5.45. The van der Waals surface area contributed by atoms with Crippen molar-refractivity contribution in [3.8, 4) is 11.8 Å². The van der Waals surface area contributed by atoms with Gasteiger partial charge in [-0.3, -0.25) is 4.79 Å². The molecular weight excluding hydrogens is 266 g/mol. The first-order valence-electron chi connectivity index (χ1n) is 6.46. The molecule has 2 rings (SSSR count). The highest BCUT2D eigenvalue weighted by Gasteiger charge is 2.04. The van der Waals surface area contributed by atoms with Crippen LogP contribution in [0.1, 0.15) is 12.0 Å².